The van der Waals surface area contributed by atoms with E-state index in [1.807, 2.05) is 11.8 Å². The first-order chi connectivity index (χ1) is 14.3. The Labute approximate surface area is 201 Å². The molecule has 30 heavy (non-hydrogen) atoms. The van der Waals surface area contributed by atoms with Gasteiger partial charge in [0.2, 0.25) is 5.52 Å². The molecule has 0 fully saturated rings. The number of pyridine rings is 1. The quantitative estimate of drug-likeness (QED) is 0.191. The Morgan fingerprint density at radius 1 is 0.733 bits per heavy atom. The van der Waals surface area contributed by atoms with E-state index in [9.17, 15) is 0 Å². The summed E-state index contributed by atoms with van der Waals surface area (Å²) in [6.07, 6.45) is 7.22. The van der Waals surface area contributed by atoms with Gasteiger partial charge in [-0.1, -0.05) is 71.9 Å². The van der Waals surface area contributed by atoms with Crippen molar-refractivity contribution >= 4 is 22.7 Å². The first kappa shape index (κ1) is 22.8. The van der Waals surface area contributed by atoms with Gasteiger partial charge < -0.3 is 24.0 Å². The van der Waals surface area contributed by atoms with Crippen LogP contribution in [0.1, 0.15) is 30.4 Å². The molecule has 0 N–H and O–H groups in total. The predicted octanol–water partition coefficient (Wildman–Crippen LogP) is 4.00. The van der Waals surface area contributed by atoms with Crippen LogP contribution in [-0.4, -0.2) is 0 Å². The molecule has 3 heteroatoms. The van der Waals surface area contributed by atoms with Gasteiger partial charge in [-0.15, -0.1) is 0 Å². The van der Waals surface area contributed by atoms with E-state index in [1.54, 1.807) is 0 Å². The molecule has 0 atom stereocenters. The average Bonchev–Trinajstić information content (AvgIpc) is 2.74. The molecule has 4 aromatic rings. The van der Waals surface area contributed by atoms with Crippen LogP contribution in [0, 0.1) is 6.92 Å². The molecule has 4 rings (SSSR count). The van der Waals surface area contributed by atoms with Crippen molar-refractivity contribution in [1.82, 2.24) is 0 Å². The number of unbranched alkanes of at least 4 members (excludes halogenated alkanes) is 2. The summed E-state index contributed by atoms with van der Waals surface area (Å²) < 4.78 is 2.44. The Kier molecular flexibility index (Phi) is 8.76. The Morgan fingerprint density at radius 2 is 1.53 bits per heavy atom. The lowest BCUT2D eigenvalue weighted by atomic mass is 10.1. The molecule has 0 unspecified atom stereocenters. The van der Waals surface area contributed by atoms with Crippen molar-refractivity contribution in [3.63, 3.8) is 0 Å². The van der Waals surface area contributed by atoms with Crippen LogP contribution in [-0.2, 0) is 13.0 Å². The molecule has 1 heterocycles. The number of nitrogens with zero attached hydrogens (tertiary/aromatic N) is 1. The predicted molar refractivity (Wildman–Crippen MR) is 123 cm³/mol. The molecule has 0 bridgehead atoms. The number of benzene rings is 3. The van der Waals surface area contributed by atoms with Crippen LogP contribution in [0.15, 0.2) is 101 Å². The van der Waals surface area contributed by atoms with Crippen LogP contribution in [0.25, 0.3) is 10.9 Å². The van der Waals surface area contributed by atoms with Gasteiger partial charge in [0.25, 0.3) is 0 Å². The maximum atomic E-state index is 2.44. The minimum absolute atomic E-state index is 0. The molecule has 1 nitrogen and oxygen atoms in total. The lowest BCUT2D eigenvalue weighted by Gasteiger charge is -2.07. The fourth-order valence-corrected chi connectivity index (χ4v) is 4.80. The van der Waals surface area contributed by atoms with Crippen molar-refractivity contribution < 1.29 is 28.5 Å². The van der Waals surface area contributed by atoms with Gasteiger partial charge in [0.15, 0.2) is 6.20 Å². The van der Waals surface area contributed by atoms with Gasteiger partial charge in [-0.05, 0) is 56.0 Å². The first-order valence-electron chi connectivity index (χ1n) is 10.5. The zero-order valence-electron chi connectivity index (χ0n) is 17.4. The number of halogens is 1. The molecule has 0 aliphatic heterocycles. The standard InChI is InChI=1S/C27H28NS.HI/c1-22-11-10-16-25(19-22)29-26-20-24-15-7-8-17-27(24)28(21-26)18-9-3-6-14-23-12-4-2-5-13-23;/h2,4-5,7-8,10-13,15-17,19-21H,3,6,9,14,18H2,1H3;1H/q+1;/p-1. The van der Waals surface area contributed by atoms with E-state index in [2.05, 4.69) is 103 Å². The highest BCUT2D eigenvalue weighted by Gasteiger charge is 2.12. The third-order valence-corrected chi connectivity index (χ3v) is 6.21. The number of hydrogen-bond acceptors (Lipinski definition) is 1. The van der Waals surface area contributed by atoms with Crippen molar-refractivity contribution in [1.29, 1.82) is 0 Å². The SMILES string of the molecule is Cc1cccc(Sc2cc3ccccc3[n+](CCCCCc3ccccc3)c2)c1.[I-]. The van der Waals surface area contributed by atoms with Gasteiger partial charge >= 0.3 is 0 Å². The second-order valence-corrected chi connectivity index (χ2v) is 8.79. The van der Waals surface area contributed by atoms with E-state index in [0.717, 1.165) is 6.54 Å². The lowest BCUT2D eigenvalue weighted by Crippen LogP contribution is -3.00. The second-order valence-electron chi connectivity index (χ2n) is 7.64. The maximum Gasteiger partial charge on any atom is 0.212 e. The van der Waals surface area contributed by atoms with Gasteiger partial charge in [-0.25, -0.2) is 0 Å². The fourth-order valence-electron chi connectivity index (χ4n) is 3.77. The highest BCUT2D eigenvalue weighted by molar-refractivity contribution is 7.99. The Hall–Kier alpha value is -1.85. The van der Waals surface area contributed by atoms with Gasteiger partial charge in [-0.3, -0.25) is 0 Å². The summed E-state index contributed by atoms with van der Waals surface area (Å²) in [5, 5.41) is 1.31. The third-order valence-electron chi connectivity index (χ3n) is 5.26. The van der Waals surface area contributed by atoms with Crippen molar-refractivity contribution in [3.05, 3.63) is 102 Å². The lowest BCUT2D eigenvalue weighted by molar-refractivity contribution is -0.673. The van der Waals surface area contributed by atoms with Crippen molar-refractivity contribution in [2.75, 3.05) is 0 Å². The number of aryl methyl sites for hydroxylation is 3. The van der Waals surface area contributed by atoms with Gasteiger partial charge in [0.05, 0.1) is 4.90 Å². The van der Waals surface area contributed by atoms with Gasteiger partial charge in [0.1, 0.15) is 6.54 Å². The molecule has 0 aliphatic rings. The average molecular weight is 525 g/mol. The van der Waals surface area contributed by atoms with Crippen LogP contribution >= 0.6 is 11.8 Å². The number of aromatic nitrogens is 1. The highest BCUT2D eigenvalue weighted by Crippen LogP contribution is 2.29. The number of rotatable bonds is 8. The number of hydrogen-bond donors (Lipinski definition) is 0. The normalized spacial score (nSPS) is 10.7. The van der Waals surface area contributed by atoms with E-state index in [1.165, 1.54) is 57.5 Å². The van der Waals surface area contributed by atoms with Crippen molar-refractivity contribution in [2.45, 2.75) is 48.9 Å². The zero-order chi connectivity index (χ0) is 19.9. The summed E-state index contributed by atoms with van der Waals surface area (Å²) >= 11 is 1.85. The molecule has 0 saturated heterocycles. The molecule has 154 valence electrons. The number of para-hydroxylation sites is 1. The highest BCUT2D eigenvalue weighted by atomic mass is 127. The van der Waals surface area contributed by atoms with Gasteiger partial charge in [0, 0.05) is 22.8 Å². The molecular weight excluding hydrogens is 497 g/mol. The third kappa shape index (κ3) is 6.32. The van der Waals surface area contributed by atoms with Crippen LogP contribution in [0.4, 0.5) is 0 Å². The summed E-state index contributed by atoms with van der Waals surface area (Å²) in [7, 11) is 0. The summed E-state index contributed by atoms with van der Waals surface area (Å²) in [6.45, 7) is 3.22. The van der Waals surface area contributed by atoms with E-state index in [4.69, 9.17) is 0 Å². The molecule has 0 amide bonds. The van der Waals surface area contributed by atoms with Crippen LogP contribution < -0.4 is 28.5 Å². The Bertz CT molecular complexity index is 1080. The Balaban J connectivity index is 0.00000256. The summed E-state index contributed by atoms with van der Waals surface area (Å²) in [6, 6.07) is 30.6. The van der Waals surface area contributed by atoms with Gasteiger partial charge in [-0.2, -0.15) is 4.57 Å². The molecule has 0 aliphatic carbocycles. The summed E-state index contributed by atoms with van der Waals surface area (Å²) in [4.78, 5) is 2.60. The van der Waals surface area contributed by atoms with Crippen molar-refractivity contribution in [3.8, 4) is 0 Å². The van der Waals surface area contributed by atoms with Crippen LogP contribution in [0.2, 0.25) is 0 Å². The van der Waals surface area contributed by atoms with Crippen LogP contribution in [0.3, 0.4) is 0 Å². The Morgan fingerprint density at radius 3 is 2.37 bits per heavy atom. The largest absolute Gasteiger partial charge is 1.00 e. The fraction of sp³-hybridized carbons (Fsp3) is 0.222. The summed E-state index contributed by atoms with van der Waals surface area (Å²) in [5.41, 5.74) is 4.08. The van der Waals surface area contributed by atoms with E-state index in [0.29, 0.717) is 0 Å². The van der Waals surface area contributed by atoms with E-state index < -0.39 is 0 Å². The zero-order valence-corrected chi connectivity index (χ0v) is 20.4. The topological polar surface area (TPSA) is 3.88 Å². The minimum atomic E-state index is 0. The molecule has 3 aromatic carbocycles. The van der Waals surface area contributed by atoms with E-state index >= 15 is 0 Å². The smallest absolute Gasteiger partial charge is 0.212 e. The molecule has 1 aromatic heterocycles. The monoisotopic (exact) mass is 525 g/mol. The number of fused-ring (bicyclic) bond motifs is 1. The van der Waals surface area contributed by atoms with Crippen LogP contribution in [0.5, 0.6) is 0 Å². The molecule has 0 spiro atoms. The summed E-state index contributed by atoms with van der Waals surface area (Å²) in [5.74, 6) is 0. The second kappa shape index (κ2) is 11.5. The van der Waals surface area contributed by atoms with E-state index in [-0.39, 0.29) is 24.0 Å². The molecular formula is C27H28INS. The minimum Gasteiger partial charge on any atom is -1.00 e. The van der Waals surface area contributed by atoms with Crippen molar-refractivity contribution in [2.24, 2.45) is 0 Å². The molecule has 0 radical (unpaired) electrons. The molecule has 0 saturated carbocycles. The first-order valence-corrected chi connectivity index (χ1v) is 11.3. The maximum absolute atomic E-state index is 2.44.